The van der Waals surface area contributed by atoms with Crippen LogP contribution in [-0.4, -0.2) is 55.8 Å². The number of hydrogen-bond acceptors (Lipinski definition) is 6. The second kappa shape index (κ2) is 6.79. The summed E-state index contributed by atoms with van der Waals surface area (Å²) in [7, 11) is 0. The minimum Gasteiger partial charge on any atom is -0.507 e. The topological polar surface area (TPSA) is 112 Å². The van der Waals surface area contributed by atoms with Crippen molar-refractivity contribution in [2.24, 2.45) is 0 Å². The lowest BCUT2D eigenvalue weighted by Gasteiger charge is -2.34. The third kappa shape index (κ3) is 2.89. The summed E-state index contributed by atoms with van der Waals surface area (Å²) in [6, 6.07) is 8.03. The predicted octanol–water partition coefficient (Wildman–Crippen LogP) is 2.86. The molecule has 6 rings (SSSR count). The van der Waals surface area contributed by atoms with Gasteiger partial charge in [-0.3, -0.25) is 5.10 Å². The number of fused-ring (bicyclic) bond motifs is 3. The first-order chi connectivity index (χ1) is 14.7. The number of phenolic OH excluding ortho intramolecular Hbond substituents is 1. The molecular weight excluding hydrogens is 380 g/mol. The molecule has 0 amide bonds. The van der Waals surface area contributed by atoms with Crippen LogP contribution in [0.5, 0.6) is 5.75 Å². The summed E-state index contributed by atoms with van der Waals surface area (Å²) in [5.74, 6) is 0.156. The molecule has 4 aromatic rings. The second-order valence-electron chi connectivity index (χ2n) is 7.82. The van der Waals surface area contributed by atoms with Crippen LogP contribution in [0.2, 0.25) is 0 Å². The average molecular weight is 400 g/mol. The Morgan fingerprint density at radius 2 is 2.00 bits per heavy atom. The van der Waals surface area contributed by atoms with Crippen molar-refractivity contribution in [2.45, 2.75) is 18.5 Å². The Bertz CT molecular complexity index is 1260. The number of phenols is 1. The number of hydrogen-bond donors (Lipinski definition) is 4. The molecular formula is C22H20N6O2. The number of aromatic amines is 2. The smallest absolute Gasteiger partial charge is 0.125 e. The zero-order valence-electron chi connectivity index (χ0n) is 16.1. The van der Waals surface area contributed by atoms with Crippen LogP contribution in [0.25, 0.3) is 39.0 Å². The third-order valence-electron chi connectivity index (χ3n) is 5.81. The average Bonchev–Trinajstić information content (AvgIpc) is 3.43. The number of aromatic nitrogens is 5. The maximum atomic E-state index is 10.6. The Morgan fingerprint density at radius 1 is 1.03 bits per heavy atom. The molecule has 2 aliphatic heterocycles. The molecule has 0 saturated carbocycles. The Hall–Kier alpha value is -3.49. The Kier molecular flexibility index (Phi) is 3.93. The molecule has 2 atom stereocenters. The van der Waals surface area contributed by atoms with Crippen LogP contribution in [0, 0.1) is 0 Å². The monoisotopic (exact) mass is 400 g/mol. The van der Waals surface area contributed by atoms with Crippen LogP contribution < -0.4 is 5.32 Å². The number of H-pyrrole nitrogens is 2. The van der Waals surface area contributed by atoms with Crippen molar-refractivity contribution in [3.05, 3.63) is 54.5 Å². The number of nitrogens with zero attached hydrogens (tertiary/aromatic N) is 3. The quantitative estimate of drug-likeness (QED) is 0.421. The summed E-state index contributed by atoms with van der Waals surface area (Å²) < 4.78 is 5.63. The summed E-state index contributed by atoms with van der Waals surface area (Å²) in [6.07, 6.45) is 8.64. The molecule has 30 heavy (non-hydrogen) atoms. The van der Waals surface area contributed by atoms with Crippen LogP contribution in [0.4, 0.5) is 0 Å². The zero-order valence-corrected chi connectivity index (χ0v) is 16.1. The number of benzene rings is 1. The lowest BCUT2D eigenvalue weighted by Crippen LogP contribution is -2.50. The highest BCUT2D eigenvalue weighted by Crippen LogP contribution is 2.35. The van der Waals surface area contributed by atoms with Gasteiger partial charge < -0.3 is 20.1 Å². The molecule has 1 saturated heterocycles. The van der Waals surface area contributed by atoms with E-state index >= 15 is 0 Å². The van der Waals surface area contributed by atoms with Gasteiger partial charge >= 0.3 is 0 Å². The van der Waals surface area contributed by atoms with E-state index < -0.39 is 0 Å². The number of aromatic hydroxyl groups is 1. The Balaban J connectivity index is 1.36. The number of morpholine rings is 1. The molecule has 150 valence electrons. The molecule has 8 nitrogen and oxygen atoms in total. The van der Waals surface area contributed by atoms with Crippen molar-refractivity contribution in [2.75, 3.05) is 13.2 Å². The number of rotatable bonds is 3. The van der Waals surface area contributed by atoms with Gasteiger partial charge in [0.1, 0.15) is 11.3 Å². The van der Waals surface area contributed by atoms with E-state index in [4.69, 9.17) is 4.74 Å². The zero-order chi connectivity index (χ0) is 20.1. The van der Waals surface area contributed by atoms with Gasteiger partial charge in [0.05, 0.1) is 30.6 Å². The molecule has 2 bridgehead atoms. The summed E-state index contributed by atoms with van der Waals surface area (Å²) in [4.78, 5) is 3.33. The van der Waals surface area contributed by atoms with E-state index in [-0.39, 0.29) is 11.8 Å². The van der Waals surface area contributed by atoms with Crippen LogP contribution in [-0.2, 0) is 4.74 Å². The molecule has 1 fully saturated rings. The van der Waals surface area contributed by atoms with Crippen molar-refractivity contribution in [3.63, 3.8) is 0 Å². The fourth-order valence-corrected chi connectivity index (χ4v) is 4.36. The van der Waals surface area contributed by atoms with Gasteiger partial charge in [0, 0.05) is 41.2 Å². The first kappa shape index (κ1) is 17.4. The SMILES string of the molecule is Oc1cc(-c2cn[nH]c2)ccc1-c1cc2[nH]cc(C3=CC4COCC(C3)N4)c2nn1. The van der Waals surface area contributed by atoms with Gasteiger partial charge in [0.2, 0.25) is 0 Å². The molecule has 8 heteroatoms. The molecule has 2 aliphatic rings. The van der Waals surface area contributed by atoms with Gasteiger partial charge in [-0.25, -0.2) is 0 Å². The summed E-state index contributed by atoms with van der Waals surface area (Å²) in [6.45, 7) is 1.44. The van der Waals surface area contributed by atoms with E-state index in [0.717, 1.165) is 40.8 Å². The first-order valence-corrected chi connectivity index (χ1v) is 9.97. The number of ether oxygens (including phenoxy) is 1. The minimum atomic E-state index is 0.156. The first-order valence-electron chi connectivity index (χ1n) is 9.97. The molecule has 4 N–H and O–H groups in total. The van der Waals surface area contributed by atoms with Crippen LogP contribution >= 0.6 is 0 Å². The fourth-order valence-electron chi connectivity index (χ4n) is 4.36. The van der Waals surface area contributed by atoms with Gasteiger partial charge in [-0.2, -0.15) is 5.10 Å². The maximum Gasteiger partial charge on any atom is 0.125 e. The predicted molar refractivity (Wildman–Crippen MR) is 113 cm³/mol. The van der Waals surface area contributed by atoms with Crippen LogP contribution in [0.15, 0.2) is 48.9 Å². The van der Waals surface area contributed by atoms with Crippen LogP contribution in [0.3, 0.4) is 0 Å². The highest BCUT2D eigenvalue weighted by molar-refractivity contribution is 5.91. The fraction of sp³-hybridized carbons (Fsp3) is 0.227. The summed E-state index contributed by atoms with van der Waals surface area (Å²) >= 11 is 0. The lowest BCUT2D eigenvalue weighted by molar-refractivity contribution is 0.0561. The van der Waals surface area contributed by atoms with E-state index in [2.05, 4.69) is 36.8 Å². The number of nitrogens with one attached hydrogen (secondary N) is 3. The summed E-state index contributed by atoms with van der Waals surface area (Å²) in [5.41, 5.74) is 7.16. The van der Waals surface area contributed by atoms with E-state index in [1.54, 1.807) is 18.5 Å². The largest absolute Gasteiger partial charge is 0.507 e. The van der Waals surface area contributed by atoms with Crippen LogP contribution in [0.1, 0.15) is 12.0 Å². The van der Waals surface area contributed by atoms with E-state index in [1.807, 2.05) is 24.4 Å². The van der Waals surface area contributed by atoms with Crippen molar-refractivity contribution >= 4 is 16.6 Å². The molecule has 2 unspecified atom stereocenters. The van der Waals surface area contributed by atoms with E-state index in [1.165, 1.54) is 5.57 Å². The van der Waals surface area contributed by atoms with Gasteiger partial charge in [0.25, 0.3) is 0 Å². The van der Waals surface area contributed by atoms with Gasteiger partial charge in [-0.05, 0) is 35.8 Å². The van der Waals surface area contributed by atoms with Gasteiger partial charge in [-0.15, -0.1) is 10.2 Å². The molecule has 3 aromatic heterocycles. The third-order valence-corrected chi connectivity index (χ3v) is 5.81. The lowest BCUT2D eigenvalue weighted by atomic mass is 9.92. The van der Waals surface area contributed by atoms with Crippen molar-refractivity contribution in [3.8, 4) is 28.1 Å². The summed E-state index contributed by atoms with van der Waals surface area (Å²) in [5, 5.41) is 29.8. The van der Waals surface area contributed by atoms with Crippen molar-refractivity contribution in [1.82, 2.24) is 30.7 Å². The van der Waals surface area contributed by atoms with Crippen molar-refractivity contribution in [1.29, 1.82) is 0 Å². The second-order valence-corrected chi connectivity index (χ2v) is 7.82. The highest BCUT2D eigenvalue weighted by atomic mass is 16.5. The Morgan fingerprint density at radius 3 is 2.83 bits per heavy atom. The standard InChI is InChI=1S/C22H20N6O2/c29-21-5-12(14-7-24-25-8-14)1-2-17(21)19-6-20-22(28-27-19)18(9-23-20)13-3-15-10-30-11-16(4-13)26-15/h1-3,5-9,15-16,23,26,29H,4,10-11H2,(H,24,25). The molecule has 0 aliphatic carbocycles. The Labute approximate surface area is 172 Å². The van der Waals surface area contributed by atoms with E-state index in [9.17, 15) is 5.11 Å². The van der Waals surface area contributed by atoms with Gasteiger partial charge in [0.15, 0.2) is 0 Å². The van der Waals surface area contributed by atoms with Gasteiger partial charge in [-0.1, -0.05) is 12.1 Å². The molecule has 5 heterocycles. The van der Waals surface area contributed by atoms with Crippen molar-refractivity contribution < 1.29 is 9.84 Å². The molecule has 0 spiro atoms. The van der Waals surface area contributed by atoms with E-state index in [0.29, 0.717) is 23.9 Å². The minimum absolute atomic E-state index is 0.156. The molecule has 1 aromatic carbocycles. The highest BCUT2D eigenvalue weighted by Gasteiger charge is 2.28. The maximum absolute atomic E-state index is 10.6. The normalized spacial score (nSPS) is 21.0. The molecule has 0 radical (unpaired) electrons.